The van der Waals surface area contributed by atoms with Crippen LogP contribution in [0, 0.1) is 0 Å². The highest BCUT2D eigenvalue weighted by Gasteiger charge is 2.22. The summed E-state index contributed by atoms with van der Waals surface area (Å²) in [6.07, 6.45) is 0. The van der Waals surface area contributed by atoms with Gasteiger partial charge in [-0.25, -0.2) is 18.1 Å². The molecule has 0 radical (unpaired) electrons. The Hall–Kier alpha value is -2.18. The van der Waals surface area contributed by atoms with Gasteiger partial charge in [-0.2, -0.15) is 0 Å². The van der Waals surface area contributed by atoms with E-state index in [9.17, 15) is 8.42 Å². The molecule has 0 fully saturated rings. The monoisotopic (exact) mass is 329 g/mol. The van der Waals surface area contributed by atoms with E-state index >= 15 is 0 Å². The molecule has 0 amide bonds. The smallest absolute Gasteiger partial charge is 0.241 e. The SMILES string of the molecule is CC(C)(C)NS(=O)(=O)c1ccc2nc(-c3ccccc3)[nH]c2c1. The minimum Gasteiger partial charge on any atom is -0.338 e. The van der Waals surface area contributed by atoms with E-state index in [1.165, 1.54) is 0 Å². The molecule has 0 aliphatic heterocycles. The number of aromatic nitrogens is 2. The van der Waals surface area contributed by atoms with Crippen molar-refractivity contribution < 1.29 is 8.42 Å². The van der Waals surface area contributed by atoms with Crippen LogP contribution >= 0.6 is 0 Å². The van der Waals surface area contributed by atoms with Gasteiger partial charge in [0.15, 0.2) is 0 Å². The summed E-state index contributed by atoms with van der Waals surface area (Å²) in [5, 5.41) is 0. The quantitative estimate of drug-likeness (QED) is 0.774. The summed E-state index contributed by atoms with van der Waals surface area (Å²) < 4.78 is 27.5. The first-order valence-electron chi connectivity index (χ1n) is 7.34. The van der Waals surface area contributed by atoms with E-state index in [1.807, 2.05) is 51.1 Å². The summed E-state index contributed by atoms with van der Waals surface area (Å²) in [6, 6.07) is 14.6. The molecule has 23 heavy (non-hydrogen) atoms. The van der Waals surface area contributed by atoms with Gasteiger partial charge < -0.3 is 4.98 Å². The second-order valence-electron chi connectivity index (χ2n) is 6.49. The molecule has 3 rings (SSSR count). The lowest BCUT2D eigenvalue weighted by Gasteiger charge is -2.20. The molecule has 0 aliphatic rings. The number of sulfonamides is 1. The predicted molar refractivity (Wildman–Crippen MR) is 91.6 cm³/mol. The van der Waals surface area contributed by atoms with E-state index in [4.69, 9.17) is 0 Å². The lowest BCUT2D eigenvalue weighted by atomic mass is 10.1. The summed E-state index contributed by atoms with van der Waals surface area (Å²) in [5.41, 5.74) is 1.86. The zero-order valence-corrected chi connectivity index (χ0v) is 14.1. The minimum atomic E-state index is -3.56. The van der Waals surface area contributed by atoms with Gasteiger partial charge in [0.2, 0.25) is 10.0 Å². The fourth-order valence-corrected chi connectivity index (χ4v) is 3.79. The molecule has 120 valence electrons. The molecular formula is C17H19N3O2S. The number of hydrogen-bond acceptors (Lipinski definition) is 3. The topological polar surface area (TPSA) is 74.8 Å². The summed E-state index contributed by atoms with van der Waals surface area (Å²) in [4.78, 5) is 7.92. The van der Waals surface area contributed by atoms with Crippen molar-refractivity contribution in [1.82, 2.24) is 14.7 Å². The van der Waals surface area contributed by atoms with Gasteiger partial charge in [-0.1, -0.05) is 30.3 Å². The molecule has 6 heteroatoms. The van der Waals surface area contributed by atoms with E-state index in [2.05, 4.69) is 14.7 Å². The van der Waals surface area contributed by atoms with E-state index < -0.39 is 15.6 Å². The van der Waals surface area contributed by atoms with Gasteiger partial charge in [0.25, 0.3) is 0 Å². The Kier molecular flexibility index (Phi) is 3.74. The normalized spacial score (nSPS) is 12.7. The van der Waals surface area contributed by atoms with Crippen LogP contribution in [0.2, 0.25) is 0 Å². The zero-order chi connectivity index (χ0) is 16.7. The Morgan fingerprint density at radius 2 is 1.74 bits per heavy atom. The van der Waals surface area contributed by atoms with Crippen LogP contribution < -0.4 is 4.72 Å². The Morgan fingerprint density at radius 1 is 1.04 bits per heavy atom. The fourth-order valence-electron chi connectivity index (χ4n) is 2.35. The Bertz CT molecular complexity index is 939. The van der Waals surface area contributed by atoms with Gasteiger partial charge in [-0.3, -0.25) is 0 Å². The fraction of sp³-hybridized carbons (Fsp3) is 0.235. The molecule has 0 bridgehead atoms. The molecule has 0 aliphatic carbocycles. The molecule has 1 heterocycles. The Labute approximate surface area is 135 Å². The molecule has 1 aromatic heterocycles. The molecule has 5 nitrogen and oxygen atoms in total. The minimum absolute atomic E-state index is 0.225. The van der Waals surface area contributed by atoms with Crippen molar-refractivity contribution >= 4 is 21.1 Å². The van der Waals surface area contributed by atoms with Crippen molar-refractivity contribution in [3.63, 3.8) is 0 Å². The molecule has 0 spiro atoms. The maximum atomic E-state index is 12.4. The van der Waals surface area contributed by atoms with Crippen molar-refractivity contribution in [3.05, 3.63) is 48.5 Å². The van der Waals surface area contributed by atoms with Crippen LogP contribution in [0.15, 0.2) is 53.4 Å². The van der Waals surface area contributed by atoms with Crippen LogP contribution in [-0.4, -0.2) is 23.9 Å². The number of benzene rings is 2. The number of hydrogen-bond donors (Lipinski definition) is 2. The third-order valence-corrected chi connectivity index (χ3v) is 5.01. The van der Waals surface area contributed by atoms with Crippen LogP contribution in [0.3, 0.4) is 0 Å². The van der Waals surface area contributed by atoms with Gasteiger partial charge in [-0.15, -0.1) is 0 Å². The number of aromatic amines is 1. The van der Waals surface area contributed by atoms with Crippen molar-refractivity contribution in [2.45, 2.75) is 31.2 Å². The third kappa shape index (κ3) is 3.43. The van der Waals surface area contributed by atoms with Crippen molar-refractivity contribution in [2.75, 3.05) is 0 Å². The van der Waals surface area contributed by atoms with Gasteiger partial charge in [0.05, 0.1) is 15.9 Å². The lowest BCUT2D eigenvalue weighted by molar-refractivity contribution is 0.491. The van der Waals surface area contributed by atoms with Gasteiger partial charge >= 0.3 is 0 Å². The molecule has 3 aromatic rings. The highest BCUT2D eigenvalue weighted by molar-refractivity contribution is 7.89. The number of nitrogens with zero attached hydrogens (tertiary/aromatic N) is 1. The molecule has 0 saturated heterocycles. The van der Waals surface area contributed by atoms with Crippen molar-refractivity contribution in [1.29, 1.82) is 0 Å². The van der Waals surface area contributed by atoms with Crippen LogP contribution in [0.1, 0.15) is 20.8 Å². The maximum Gasteiger partial charge on any atom is 0.241 e. The van der Waals surface area contributed by atoms with Crippen molar-refractivity contribution in [2.24, 2.45) is 0 Å². The number of rotatable bonds is 3. The number of fused-ring (bicyclic) bond motifs is 1. The Balaban J connectivity index is 2.03. The van der Waals surface area contributed by atoms with E-state index in [0.717, 1.165) is 16.9 Å². The molecule has 0 saturated carbocycles. The van der Waals surface area contributed by atoms with E-state index in [-0.39, 0.29) is 4.90 Å². The average molecular weight is 329 g/mol. The number of imidazole rings is 1. The Morgan fingerprint density at radius 3 is 2.39 bits per heavy atom. The molecule has 2 aromatic carbocycles. The first-order valence-corrected chi connectivity index (χ1v) is 8.82. The zero-order valence-electron chi connectivity index (χ0n) is 13.3. The van der Waals surface area contributed by atoms with Gasteiger partial charge in [0, 0.05) is 11.1 Å². The van der Waals surface area contributed by atoms with Crippen LogP contribution in [0.5, 0.6) is 0 Å². The molecule has 0 atom stereocenters. The summed E-state index contributed by atoms with van der Waals surface area (Å²) in [7, 11) is -3.56. The second-order valence-corrected chi connectivity index (χ2v) is 8.17. The third-order valence-electron chi connectivity index (χ3n) is 3.25. The first kappa shape index (κ1) is 15.7. The van der Waals surface area contributed by atoms with E-state index in [1.54, 1.807) is 18.2 Å². The largest absolute Gasteiger partial charge is 0.338 e. The van der Waals surface area contributed by atoms with E-state index in [0.29, 0.717) is 5.52 Å². The van der Waals surface area contributed by atoms with Gasteiger partial charge in [0.1, 0.15) is 5.82 Å². The van der Waals surface area contributed by atoms with Gasteiger partial charge in [-0.05, 0) is 39.0 Å². The second kappa shape index (κ2) is 5.47. The lowest BCUT2D eigenvalue weighted by Crippen LogP contribution is -2.40. The van der Waals surface area contributed by atoms with Crippen LogP contribution in [0.25, 0.3) is 22.4 Å². The summed E-state index contributed by atoms with van der Waals surface area (Å²) in [6.45, 7) is 5.44. The van der Waals surface area contributed by atoms with Crippen LogP contribution in [0.4, 0.5) is 0 Å². The first-order chi connectivity index (χ1) is 10.7. The predicted octanol–water partition coefficient (Wildman–Crippen LogP) is 3.31. The van der Waals surface area contributed by atoms with Crippen molar-refractivity contribution in [3.8, 4) is 11.4 Å². The molecular weight excluding hydrogens is 310 g/mol. The van der Waals surface area contributed by atoms with Crippen LogP contribution in [-0.2, 0) is 10.0 Å². The number of H-pyrrole nitrogens is 1. The summed E-state index contributed by atoms with van der Waals surface area (Å²) in [5.74, 6) is 0.721. The summed E-state index contributed by atoms with van der Waals surface area (Å²) >= 11 is 0. The molecule has 0 unspecified atom stereocenters. The average Bonchev–Trinajstić information content (AvgIpc) is 2.88. The highest BCUT2D eigenvalue weighted by Crippen LogP contribution is 2.23. The standard InChI is InChI=1S/C17H19N3O2S/c1-17(2,3)20-23(21,22)13-9-10-14-15(11-13)19-16(18-14)12-7-5-4-6-8-12/h4-11,20H,1-3H3,(H,18,19). The highest BCUT2D eigenvalue weighted by atomic mass is 32.2. The maximum absolute atomic E-state index is 12.4. The number of nitrogens with one attached hydrogen (secondary N) is 2. The molecule has 2 N–H and O–H groups in total.